The molecule has 3 fully saturated rings. The fraction of sp³-hybridized carbons (Fsp3) is 0.708. The maximum atomic E-state index is 13.3. The number of hydrogen-bond acceptors (Lipinski definition) is 4. The molecule has 164 valence electrons. The number of ether oxygens (including phenoxy) is 2. The maximum Gasteiger partial charge on any atom is 0.321 e. The molecule has 2 saturated heterocycles. The average molecular weight is 414 g/mol. The number of anilines is 1. The number of piperidine rings is 2. The van der Waals surface area contributed by atoms with Gasteiger partial charge in [0.1, 0.15) is 0 Å². The molecule has 6 heteroatoms. The highest BCUT2D eigenvalue weighted by Gasteiger charge is 2.36. The summed E-state index contributed by atoms with van der Waals surface area (Å²) in [5.74, 6) is 2.78. The fourth-order valence-corrected chi connectivity index (χ4v) is 5.37. The second kappa shape index (κ2) is 9.04. The molecular weight excluding hydrogens is 378 g/mol. The number of carbonyl (C=O) groups excluding carboxylic acids is 1. The lowest BCUT2D eigenvalue weighted by Crippen LogP contribution is -2.52. The molecule has 0 spiro atoms. The molecule has 30 heavy (non-hydrogen) atoms. The molecule has 3 heterocycles. The summed E-state index contributed by atoms with van der Waals surface area (Å²) in [7, 11) is 0. The normalized spacial score (nSPS) is 26.4. The molecule has 0 unspecified atom stereocenters. The van der Waals surface area contributed by atoms with Crippen LogP contribution in [0.3, 0.4) is 0 Å². The zero-order chi connectivity index (χ0) is 20.3. The van der Waals surface area contributed by atoms with Crippen LogP contribution in [0, 0.1) is 11.8 Å². The molecule has 0 aromatic heterocycles. The summed E-state index contributed by atoms with van der Waals surface area (Å²) in [4.78, 5) is 18.1. The summed E-state index contributed by atoms with van der Waals surface area (Å²) < 4.78 is 11.5. The van der Waals surface area contributed by atoms with Gasteiger partial charge in [0.25, 0.3) is 0 Å². The van der Waals surface area contributed by atoms with Gasteiger partial charge >= 0.3 is 6.03 Å². The highest BCUT2D eigenvalue weighted by Crippen LogP contribution is 2.35. The first-order valence-corrected chi connectivity index (χ1v) is 12.0. The predicted molar refractivity (Wildman–Crippen MR) is 117 cm³/mol. The van der Waals surface area contributed by atoms with Crippen molar-refractivity contribution in [1.82, 2.24) is 9.80 Å². The zero-order valence-electron chi connectivity index (χ0n) is 18.0. The van der Waals surface area contributed by atoms with E-state index in [9.17, 15) is 4.79 Å². The van der Waals surface area contributed by atoms with Gasteiger partial charge in [0.15, 0.2) is 11.5 Å². The van der Waals surface area contributed by atoms with Crippen molar-refractivity contribution in [3.8, 4) is 11.5 Å². The Morgan fingerprint density at radius 2 is 1.80 bits per heavy atom. The third-order valence-electron chi connectivity index (χ3n) is 7.15. The van der Waals surface area contributed by atoms with Crippen LogP contribution in [0.4, 0.5) is 10.5 Å². The zero-order valence-corrected chi connectivity index (χ0v) is 18.0. The van der Waals surface area contributed by atoms with E-state index in [-0.39, 0.29) is 6.03 Å². The van der Waals surface area contributed by atoms with Crippen LogP contribution in [0.15, 0.2) is 18.2 Å². The van der Waals surface area contributed by atoms with Gasteiger partial charge in [-0.25, -0.2) is 4.79 Å². The van der Waals surface area contributed by atoms with E-state index in [0.717, 1.165) is 36.7 Å². The topological polar surface area (TPSA) is 54.0 Å². The Kier molecular flexibility index (Phi) is 6.02. The first kappa shape index (κ1) is 20.0. The summed E-state index contributed by atoms with van der Waals surface area (Å²) >= 11 is 0. The lowest BCUT2D eigenvalue weighted by Gasteiger charge is -2.45. The quantitative estimate of drug-likeness (QED) is 0.779. The molecule has 1 N–H and O–H groups in total. The van der Waals surface area contributed by atoms with Crippen LogP contribution in [0.2, 0.25) is 0 Å². The largest absolute Gasteiger partial charge is 0.490 e. The van der Waals surface area contributed by atoms with Crippen molar-refractivity contribution in [2.24, 2.45) is 11.8 Å². The Morgan fingerprint density at radius 1 is 0.967 bits per heavy atom. The van der Waals surface area contributed by atoms with Gasteiger partial charge in [-0.3, -0.25) is 0 Å². The Balaban J connectivity index is 1.26. The Hall–Kier alpha value is -1.95. The van der Waals surface area contributed by atoms with E-state index in [1.807, 2.05) is 18.2 Å². The summed E-state index contributed by atoms with van der Waals surface area (Å²) in [6, 6.07) is 6.42. The number of hydrogen-bond donors (Lipinski definition) is 1. The highest BCUT2D eigenvalue weighted by atomic mass is 16.5. The summed E-state index contributed by atoms with van der Waals surface area (Å²) in [6.45, 7) is 5.58. The number of amides is 2. The van der Waals surface area contributed by atoms with Crippen LogP contribution in [-0.2, 0) is 0 Å². The van der Waals surface area contributed by atoms with Crippen molar-refractivity contribution in [3.05, 3.63) is 18.2 Å². The minimum Gasteiger partial charge on any atom is -0.490 e. The van der Waals surface area contributed by atoms with Gasteiger partial charge in [0.05, 0.1) is 13.2 Å². The van der Waals surface area contributed by atoms with Crippen molar-refractivity contribution in [2.75, 3.05) is 44.7 Å². The molecule has 1 aromatic carbocycles. The molecule has 1 aliphatic carbocycles. The minimum atomic E-state index is 0.0318. The third kappa shape index (κ3) is 4.69. The van der Waals surface area contributed by atoms with Crippen LogP contribution >= 0.6 is 0 Å². The number of nitrogens with zero attached hydrogens (tertiary/aromatic N) is 2. The molecule has 5 rings (SSSR count). The third-order valence-corrected chi connectivity index (χ3v) is 7.15. The van der Waals surface area contributed by atoms with E-state index in [0.29, 0.717) is 31.1 Å². The van der Waals surface area contributed by atoms with E-state index in [1.54, 1.807) is 0 Å². The van der Waals surface area contributed by atoms with Gasteiger partial charge < -0.3 is 24.6 Å². The molecule has 0 bridgehead atoms. The summed E-state index contributed by atoms with van der Waals surface area (Å²) in [6.07, 6.45) is 9.88. The van der Waals surface area contributed by atoms with Crippen LogP contribution in [0.5, 0.6) is 11.5 Å². The molecular formula is C24H35N3O3. The number of fused-ring (bicyclic) bond motifs is 2. The minimum absolute atomic E-state index is 0.0318. The van der Waals surface area contributed by atoms with Gasteiger partial charge in [-0.1, -0.05) is 6.42 Å². The number of carbonyl (C=O) groups is 1. The maximum absolute atomic E-state index is 13.3. The van der Waals surface area contributed by atoms with Crippen molar-refractivity contribution in [1.29, 1.82) is 0 Å². The predicted octanol–water partition coefficient (Wildman–Crippen LogP) is 4.36. The molecule has 6 nitrogen and oxygen atoms in total. The van der Waals surface area contributed by atoms with Gasteiger partial charge in [-0.2, -0.15) is 0 Å². The van der Waals surface area contributed by atoms with E-state index in [4.69, 9.17) is 9.47 Å². The molecule has 0 radical (unpaired) electrons. The highest BCUT2D eigenvalue weighted by molar-refractivity contribution is 5.89. The van der Waals surface area contributed by atoms with E-state index >= 15 is 0 Å². The van der Waals surface area contributed by atoms with E-state index in [1.165, 1.54) is 58.0 Å². The molecule has 2 atom stereocenters. The molecule has 4 aliphatic rings. The Morgan fingerprint density at radius 3 is 2.67 bits per heavy atom. The van der Waals surface area contributed by atoms with Crippen LogP contribution in [0.25, 0.3) is 0 Å². The molecule has 1 aromatic rings. The Labute approximate surface area is 179 Å². The van der Waals surface area contributed by atoms with Gasteiger partial charge in [-0.15, -0.1) is 0 Å². The lowest BCUT2D eigenvalue weighted by atomic mass is 9.83. The van der Waals surface area contributed by atoms with Crippen molar-refractivity contribution < 1.29 is 14.3 Å². The summed E-state index contributed by atoms with van der Waals surface area (Å²) in [5, 5.41) is 3.15. The Bertz CT molecular complexity index is 749. The number of nitrogens with one attached hydrogen (secondary N) is 1. The molecule has 2 amide bonds. The second-order valence-electron chi connectivity index (χ2n) is 9.49. The van der Waals surface area contributed by atoms with E-state index < -0.39 is 0 Å². The van der Waals surface area contributed by atoms with Gasteiger partial charge in [0.2, 0.25) is 0 Å². The number of rotatable bonds is 5. The first-order valence-electron chi connectivity index (χ1n) is 12.0. The van der Waals surface area contributed by atoms with Crippen LogP contribution < -0.4 is 14.8 Å². The monoisotopic (exact) mass is 413 g/mol. The average Bonchev–Trinajstić information content (AvgIpc) is 3.60. The fourth-order valence-electron chi connectivity index (χ4n) is 5.37. The standard InChI is InChI=1S/C24H35N3O3/c28-24(25-20-9-10-22-23(15-20)30-14-4-13-29-22)27(16-18-7-8-18)17-19-5-3-12-26-11-2-1-6-21(19)26/h9-10,15,18-19,21H,1-8,11-14,16-17H2,(H,25,28)/t19-,21+/m0/s1. The molecule has 3 aliphatic heterocycles. The number of benzene rings is 1. The SMILES string of the molecule is O=C(Nc1ccc2c(c1)OCCCO2)N(CC1CC1)C[C@@H]1CCCN2CCCC[C@H]12. The smallest absolute Gasteiger partial charge is 0.321 e. The van der Waals surface area contributed by atoms with Crippen LogP contribution in [-0.4, -0.2) is 61.3 Å². The van der Waals surface area contributed by atoms with Gasteiger partial charge in [0, 0.05) is 37.3 Å². The van der Waals surface area contributed by atoms with E-state index in [2.05, 4.69) is 15.1 Å². The van der Waals surface area contributed by atoms with Gasteiger partial charge in [-0.05, 0) is 75.6 Å². The summed E-state index contributed by atoms with van der Waals surface area (Å²) in [5.41, 5.74) is 0.785. The van der Waals surface area contributed by atoms with Crippen molar-refractivity contribution >= 4 is 11.7 Å². The van der Waals surface area contributed by atoms with Crippen LogP contribution in [0.1, 0.15) is 51.4 Å². The second-order valence-corrected chi connectivity index (χ2v) is 9.49. The lowest BCUT2D eigenvalue weighted by molar-refractivity contribution is 0.0462. The van der Waals surface area contributed by atoms with Crippen molar-refractivity contribution in [2.45, 2.75) is 57.4 Å². The number of urea groups is 1. The first-order chi connectivity index (χ1) is 14.8. The van der Waals surface area contributed by atoms with Crippen molar-refractivity contribution in [3.63, 3.8) is 0 Å². The molecule has 1 saturated carbocycles.